The normalized spacial score (nSPS) is 14.7. The highest BCUT2D eigenvalue weighted by atomic mass is 32.2. The van der Waals surface area contributed by atoms with Crippen molar-refractivity contribution in [2.24, 2.45) is 0 Å². The van der Waals surface area contributed by atoms with E-state index in [2.05, 4.69) is 22.8 Å². The number of ether oxygens (including phenoxy) is 1. The van der Waals surface area contributed by atoms with Crippen molar-refractivity contribution in [3.63, 3.8) is 0 Å². The van der Waals surface area contributed by atoms with Gasteiger partial charge in [-0.3, -0.25) is 9.59 Å². The van der Waals surface area contributed by atoms with Gasteiger partial charge in [0.05, 0.1) is 29.1 Å². The van der Waals surface area contributed by atoms with Crippen molar-refractivity contribution in [2.45, 2.75) is 42.2 Å². The van der Waals surface area contributed by atoms with Crippen LogP contribution in [0.1, 0.15) is 66.3 Å². The third-order valence-corrected chi connectivity index (χ3v) is 9.60. The van der Waals surface area contributed by atoms with E-state index in [1.165, 1.54) is 47.9 Å². The van der Waals surface area contributed by atoms with Crippen LogP contribution in [0.15, 0.2) is 83.8 Å². The molecule has 0 radical (unpaired) electrons. The fourth-order valence-corrected chi connectivity index (χ4v) is 7.43. The molecule has 43 heavy (non-hydrogen) atoms. The van der Waals surface area contributed by atoms with Crippen LogP contribution in [0.4, 0.5) is 10.7 Å². The molecule has 220 valence electrons. The summed E-state index contributed by atoms with van der Waals surface area (Å²) in [6.07, 6.45) is 2.43. The molecular weight excluding hydrogens is 585 g/mol. The standard InChI is InChI=1S/C33H30N2O6S2/c1-19(42-23-12-8-11-22(18-23)34-30(37)24-13-6-7-14-25(24)32(38)39)29(36)35-31-28(33(40)41-2)26-16-15-21(17-27(26)43-31)20-9-4-3-5-10-20/h3-14,18-19,21H,15-17H2,1-2H3,(H,34,37)(H,35,36)(H,38,39). The van der Waals surface area contributed by atoms with Crippen LogP contribution in [0.5, 0.6) is 0 Å². The first-order valence-corrected chi connectivity index (χ1v) is 15.4. The molecule has 3 N–H and O–H groups in total. The lowest BCUT2D eigenvalue weighted by molar-refractivity contribution is -0.115. The number of carbonyl (C=O) groups excluding carboxylic acids is 3. The Hall–Kier alpha value is -4.41. The number of methoxy groups -OCH3 is 1. The molecular formula is C33H30N2O6S2. The maximum atomic E-state index is 13.3. The number of esters is 1. The summed E-state index contributed by atoms with van der Waals surface area (Å²) in [7, 11) is 1.35. The van der Waals surface area contributed by atoms with Crippen LogP contribution in [-0.2, 0) is 22.4 Å². The molecule has 8 nitrogen and oxygen atoms in total. The van der Waals surface area contributed by atoms with Crippen molar-refractivity contribution in [3.8, 4) is 0 Å². The van der Waals surface area contributed by atoms with Crippen LogP contribution < -0.4 is 10.6 Å². The molecule has 2 unspecified atom stereocenters. The first kappa shape index (κ1) is 30.1. The van der Waals surface area contributed by atoms with Crippen LogP contribution in [0.3, 0.4) is 0 Å². The number of carbonyl (C=O) groups is 4. The lowest BCUT2D eigenvalue weighted by Gasteiger charge is -2.22. The minimum absolute atomic E-state index is 0.0518. The van der Waals surface area contributed by atoms with Crippen molar-refractivity contribution in [1.29, 1.82) is 0 Å². The number of rotatable bonds is 9. The van der Waals surface area contributed by atoms with Gasteiger partial charge in [0.2, 0.25) is 5.91 Å². The number of amides is 2. The van der Waals surface area contributed by atoms with Gasteiger partial charge in [-0.25, -0.2) is 9.59 Å². The molecule has 0 saturated carbocycles. The maximum Gasteiger partial charge on any atom is 0.341 e. The lowest BCUT2D eigenvalue weighted by atomic mass is 9.83. The average molecular weight is 615 g/mol. The molecule has 0 fully saturated rings. The number of thioether (sulfide) groups is 1. The Labute approximate surface area is 257 Å². The summed E-state index contributed by atoms with van der Waals surface area (Å²) in [6.45, 7) is 1.77. The van der Waals surface area contributed by atoms with Crippen molar-refractivity contribution < 1.29 is 29.0 Å². The smallest absolute Gasteiger partial charge is 0.341 e. The minimum atomic E-state index is -1.19. The van der Waals surface area contributed by atoms with Gasteiger partial charge in [-0.1, -0.05) is 48.5 Å². The van der Waals surface area contributed by atoms with E-state index in [0.29, 0.717) is 22.2 Å². The topological polar surface area (TPSA) is 122 Å². The van der Waals surface area contributed by atoms with E-state index in [1.54, 1.807) is 37.3 Å². The van der Waals surface area contributed by atoms with E-state index in [4.69, 9.17) is 4.74 Å². The molecule has 1 heterocycles. The largest absolute Gasteiger partial charge is 0.478 e. The zero-order valence-electron chi connectivity index (χ0n) is 23.6. The first-order chi connectivity index (χ1) is 20.7. The molecule has 5 rings (SSSR count). The summed E-state index contributed by atoms with van der Waals surface area (Å²) in [6, 6.07) is 23.3. The van der Waals surface area contributed by atoms with Crippen LogP contribution >= 0.6 is 23.1 Å². The highest BCUT2D eigenvalue weighted by Crippen LogP contribution is 2.43. The van der Waals surface area contributed by atoms with Crippen molar-refractivity contribution >= 4 is 57.5 Å². The molecule has 2 atom stereocenters. The van der Waals surface area contributed by atoms with Gasteiger partial charge in [0.15, 0.2) is 0 Å². The second-order valence-electron chi connectivity index (χ2n) is 10.1. The predicted octanol–water partition coefficient (Wildman–Crippen LogP) is 6.88. The SMILES string of the molecule is COC(=O)c1c(NC(=O)C(C)Sc2cccc(NC(=O)c3ccccc3C(=O)O)c2)sc2c1CCC(c1ccccc1)C2. The fourth-order valence-electron chi connectivity index (χ4n) is 5.19. The van der Waals surface area contributed by atoms with Gasteiger partial charge in [0.25, 0.3) is 5.91 Å². The molecule has 0 aliphatic heterocycles. The first-order valence-electron chi connectivity index (χ1n) is 13.7. The van der Waals surface area contributed by atoms with E-state index in [9.17, 15) is 24.3 Å². The number of carboxylic acids is 1. The molecule has 0 spiro atoms. The summed E-state index contributed by atoms with van der Waals surface area (Å²) in [4.78, 5) is 52.3. The van der Waals surface area contributed by atoms with Gasteiger partial charge in [-0.05, 0) is 73.6 Å². The summed E-state index contributed by atoms with van der Waals surface area (Å²) >= 11 is 2.73. The molecule has 2 amide bonds. The number of hydrogen-bond acceptors (Lipinski definition) is 7. The number of carboxylic acid groups (broad SMARTS) is 1. The Morgan fingerprint density at radius 2 is 1.67 bits per heavy atom. The van der Waals surface area contributed by atoms with Crippen molar-refractivity contribution in [3.05, 3.63) is 112 Å². The summed E-state index contributed by atoms with van der Waals surface area (Å²) in [5.41, 5.74) is 3.08. The Morgan fingerprint density at radius 3 is 2.40 bits per heavy atom. The monoisotopic (exact) mass is 614 g/mol. The lowest BCUT2D eigenvalue weighted by Crippen LogP contribution is -2.23. The van der Waals surface area contributed by atoms with E-state index in [0.717, 1.165) is 34.6 Å². The Morgan fingerprint density at radius 1 is 0.953 bits per heavy atom. The molecule has 0 bridgehead atoms. The maximum absolute atomic E-state index is 13.3. The van der Waals surface area contributed by atoms with Gasteiger partial charge < -0.3 is 20.5 Å². The van der Waals surface area contributed by atoms with E-state index >= 15 is 0 Å². The molecule has 1 aromatic heterocycles. The molecule has 10 heteroatoms. The highest BCUT2D eigenvalue weighted by Gasteiger charge is 2.31. The number of thiophene rings is 1. The second kappa shape index (κ2) is 13.3. The van der Waals surface area contributed by atoms with Crippen molar-refractivity contribution in [1.82, 2.24) is 0 Å². The number of aromatic carboxylic acids is 1. The van der Waals surface area contributed by atoms with E-state index in [-0.39, 0.29) is 17.0 Å². The summed E-state index contributed by atoms with van der Waals surface area (Å²) in [5, 5.41) is 15.1. The molecule has 1 aliphatic rings. The van der Waals surface area contributed by atoms with Gasteiger partial charge >= 0.3 is 11.9 Å². The predicted molar refractivity (Wildman–Crippen MR) is 169 cm³/mol. The zero-order chi connectivity index (χ0) is 30.5. The third-order valence-electron chi connectivity index (χ3n) is 7.34. The van der Waals surface area contributed by atoms with E-state index in [1.807, 2.05) is 24.3 Å². The third kappa shape index (κ3) is 6.81. The molecule has 3 aromatic carbocycles. The Balaban J connectivity index is 1.28. The van der Waals surface area contributed by atoms with Gasteiger partial charge in [0, 0.05) is 15.5 Å². The minimum Gasteiger partial charge on any atom is -0.478 e. The number of fused-ring (bicyclic) bond motifs is 1. The average Bonchev–Trinajstić information content (AvgIpc) is 3.38. The van der Waals surface area contributed by atoms with Crippen LogP contribution in [-0.4, -0.2) is 41.2 Å². The zero-order valence-corrected chi connectivity index (χ0v) is 25.2. The van der Waals surface area contributed by atoms with E-state index < -0.39 is 23.1 Å². The summed E-state index contributed by atoms with van der Waals surface area (Å²) in [5.74, 6) is -2.11. The van der Waals surface area contributed by atoms with Gasteiger partial charge in [0.1, 0.15) is 5.00 Å². The van der Waals surface area contributed by atoms with Crippen LogP contribution in [0, 0.1) is 0 Å². The molecule has 1 aliphatic carbocycles. The second-order valence-corrected chi connectivity index (χ2v) is 12.7. The van der Waals surface area contributed by atoms with Gasteiger partial charge in [-0.15, -0.1) is 23.1 Å². The van der Waals surface area contributed by atoms with Crippen LogP contribution in [0.2, 0.25) is 0 Å². The molecule has 0 saturated heterocycles. The van der Waals surface area contributed by atoms with Crippen LogP contribution in [0.25, 0.3) is 0 Å². The Bertz CT molecular complexity index is 1680. The van der Waals surface area contributed by atoms with Gasteiger partial charge in [-0.2, -0.15) is 0 Å². The summed E-state index contributed by atoms with van der Waals surface area (Å²) < 4.78 is 5.09. The number of anilines is 2. The quantitative estimate of drug-likeness (QED) is 0.139. The number of benzene rings is 3. The highest BCUT2D eigenvalue weighted by molar-refractivity contribution is 8.00. The number of nitrogens with one attached hydrogen (secondary N) is 2. The Kier molecular flexibility index (Phi) is 9.27. The number of hydrogen-bond donors (Lipinski definition) is 3. The fraction of sp³-hybridized carbons (Fsp3) is 0.212. The molecule has 4 aromatic rings. The van der Waals surface area contributed by atoms with Crippen molar-refractivity contribution in [2.75, 3.05) is 17.7 Å².